The zero-order valence-electron chi connectivity index (χ0n) is 16.4. The van der Waals surface area contributed by atoms with Crippen LogP contribution in [0.3, 0.4) is 0 Å². The van der Waals surface area contributed by atoms with Crippen molar-refractivity contribution in [1.29, 1.82) is 0 Å². The third-order valence-electron chi connectivity index (χ3n) is 5.66. The third-order valence-corrected chi connectivity index (χ3v) is 6.78. The van der Waals surface area contributed by atoms with Crippen molar-refractivity contribution in [3.8, 4) is 11.1 Å². The molecule has 0 saturated carbocycles. The van der Waals surface area contributed by atoms with Gasteiger partial charge in [-0.15, -0.1) is 16.4 Å². The number of nitrogens with zero attached hydrogens (tertiary/aromatic N) is 4. The summed E-state index contributed by atoms with van der Waals surface area (Å²) in [5, 5.41) is 9.93. The summed E-state index contributed by atoms with van der Waals surface area (Å²) in [7, 11) is 0. The van der Waals surface area contributed by atoms with E-state index < -0.39 is 0 Å². The van der Waals surface area contributed by atoms with Gasteiger partial charge in [-0.25, -0.2) is 4.98 Å². The van der Waals surface area contributed by atoms with E-state index in [1.165, 1.54) is 15.9 Å². The number of halogens is 1. The molecule has 1 aliphatic heterocycles. The van der Waals surface area contributed by atoms with Crippen LogP contribution in [0.1, 0.15) is 0 Å². The van der Waals surface area contributed by atoms with Crippen molar-refractivity contribution in [2.45, 2.75) is 0 Å². The van der Waals surface area contributed by atoms with E-state index in [4.69, 9.17) is 26.4 Å². The second kappa shape index (κ2) is 7.30. The molecule has 0 spiro atoms. The van der Waals surface area contributed by atoms with Crippen LogP contribution in [0.5, 0.6) is 0 Å². The molecule has 0 bridgehead atoms. The molecule has 0 aliphatic carbocycles. The fourth-order valence-corrected chi connectivity index (χ4v) is 5.19. The molecule has 8 heteroatoms. The number of ether oxygens (including phenoxy) is 1. The number of hydrogen-bond donors (Lipinski definition) is 0. The fraction of sp³-hybridized carbons (Fsp3) is 0.174. The van der Waals surface area contributed by atoms with Crippen LogP contribution in [-0.4, -0.2) is 40.9 Å². The van der Waals surface area contributed by atoms with E-state index in [0.29, 0.717) is 34.1 Å². The summed E-state index contributed by atoms with van der Waals surface area (Å²) in [6, 6.07) is 15.5. The molecule has 0 radical (unpaired) electrons. The highest BCUT2D eigenvalue weighted by Gasteiger charge is 2.21. The third kappa shape index (κ3) is 3.00. The Kier molecular flexibility index (Phi) is 4.41. The topological polar surface area (TPSA) is 59.7 Å². The van der Waals surface area contributed by atoms with Gasteiger partial charge in [-0.2, -0.15) is 4.52 Å². The van der Waals surface area contributed by atoms with Crippen molar-refractivity contribution in [2.75, 3.05) is 31.2 Å². The lowest BCUT2D eigenvalue weighted by Crippen LogP contribution is -2.37. The number of fused-ring (bicyclic) bond motifs is 4. The molecule has 4 heterocycles. The van der Waals surface area contributed by atoms with E-state index in [1.54, 1.807) is 0 Å². The van der Waals surface area contributed by atoms with Gasteiger partial charge in [-0.05, 0) is 17.7 Å². The van der Waals surface area contributed by atoms with Crippen LogP contribution in [0.4, 0.5) is 5.82 Å². The molecular formula is C23H17ClN4O2S. The maximum Gasteiger partial charge on any atom is 0.283 e. The summed E-state index contributed by atoms with van der Waals surface area (Å²) in [4.78, 5) is 21.4. The van der Waals surface area contributed by atoms with Crippen LogP contribution in [-0.2, 0) is 4.74 Å². The maximum atomic E-state index is 13.7. The molecule has 1 aliphatic rings. The monoisotopic (exact) mass is 448 g/mol. The van der Waals surface area contributed by atoms with Crippen molar-refractivity contribution in [3.63, 3.8) is 0 Å². The Labute approximate surface area is 186 Å². The van der Waals surface area contributed by atoms with Gasteiger partial charge in [-0.3, -0.25) is 4.79 Å². The highest BCUT2D eigenvalue weighted by molar-refractivity contribution is 7.17. The van der Waals surface area contributed by atoms with Crippen molar-refractivity contribution >= 4 is 55.4 Å². The van der Waals surface area contributed by atoms with Crippen LogP contribution < -0.4 is 10.5 Å². The number of anilines is 1. The predicted octanol–water partition coefficient (Wildman–Crippen LogP) is 4.61. The van der Waals surface area contributed by atoms with Gasteiger partial charge in [0.05, 0.1) is 18.6 Å². The van der Waals surface area contributed by atoms with Gasteiger partial charge < -0.3 is 9.64 Å². The van der Waals surface area contributed by atoms with E-state index in [2.05, 4.69) is 4.90 Å². The van der Waals surface area contributed by atoms with Crippen molar-refractivity contribution < 1.29 is 4.74 Å². The lowest BCUT2D eigenvalue weighted by atomic mass is 10.1. The fourth-order valence-electron chi connectivity index (χ4n) is 4.12. The molecule has 6 nitrogen and oxygen atoms in total. The molecule has 6 rings (SSSR count). The molecule has 154 valence electrons. The Balaban J connectivity index is 1.67. The van der Waals surface area contributed by atoms with E-state index in [0.717, 1.165) is 40.8 Å². The van der Waals surface area contributed by atoms with Gasteiger partial charge in [0.15, 0.2) is 11.5 Å². The van der Waals surface area contributed by atoms with Gasteiger partial charge in [0.2, 0.25) is 0 Å². The molecule has 0 atom stereocenters. The number of hydrogen-bond acceptors (Lipinski definition) is 6. The van der Waals surface area contributed by atoms with Gasteiger partial charge >= 0.3 is 0 Å². The Morgan fingerprint density at radius 2 is 1.74 bits per heavy atom. The molecule has 0 N–H and O–H groups in total. The van der Waals surface area contributed by atoms with E-state index in [1.807, 2.05) is 53.9 Å². The lowest BCUT2D eigenvalue weighted by molar-refractivity contribution is 0.122. The zero-order valence-corrected chi connectivity index (χ0v) is 18.0. The lowest BCUT2D eigenvalue weighted by Gasteiger charge is -2.28. The Bertz CT molecular complexity index is 1500. The van der Waals surface area contributed by atoms with Crippen LogP contribution in [0.25, 0.3) is 37.8 Å². The van der Waals surface area contributed by atoms with E-state index in [-0.39, 0.29) is 5.56 Å². The van der Waals surface area contributed by atoms with Crippen molar-refractivity contribution in [1.82, 2.24) is 14.6 Å². The van der Waals surface area contributed by atoms with Gasteiger partial charge in [0, 0.05) is 39.8 Å². The molecule has 0 unspecified atom stereocenters. The predicted molar refractivity (Wildman–Crippen MR) is 126 cm³/mol. The molecule has 31 heavy (non-hydrogen) atoms. The quantitative estimate of drug-likeness (QED) is 0.369. The molecule has 0 amide bonds. The molecular weight excluding hydrogens is 432 g/mol. The highest BCUT2D eigenvalue weighted by Crippen LogP contribution is 2.33. The number of thiophene rings is 1. The summed E-state index contributed by atoms with van der Waals surface area (Å²) in [6.45, 7) is 2.76. The average Bonchev–Trinajstić information content (AvgIpc) is 3.24. The first kappa shape index (κ1) is 18.7. The minimum atomic E-state index is -0.161. The second-order valence-corrected chi connectivity index (χ2v) is 8.75. The highest BCUT2D eigenvalue weighted by atomic mass is 35.5. The summed E-state index contributed by atoms with van der Waals surface area (Å²) >= 11 is 7.52. The average molecular weight is 449 g/mol. The number of aromatic nitrogens is 3. The molecule has 5 aromatic rings. The summed E-state index contributed by atoms with van der Waals surface area (Å²) in [6.07, 6.45) is 0. The van der Waals surface area contributed by atoms with E-state index in [9.17, 15) is 4.79 Å². The standard InChI is InChI=1S/C23H17ClN4O2S/c24-15-7-5-14(6-8-15)18-13-31-22-19(18)23(29)28-20(25-22)16-3-1-2-4-17(16)21(26-28)27-9-11-30-12-10-27/h1-8,13H,9-12H2. The number of rotatable bonds is 2. The normalized spacial score (nSPS) is 14.7. The summed E-state index contributed by atoms with van der Waals surface area (Å²) in [5.41, 5.74) is 2.20. The van der Waals surface area contributed by atoms with Crippen molar-refractivity contribution in [3.05, 3.63) is 69.3 Å². The van der Waals surface area contributed by atoms with E-state index >= 15 is 0 Å². The summed E-state index contributed by atoms with van der Waals surface area (Å²) < 4.78 is 6.97. The second-order valence-electron chi connectivity index (χ2n) is 7.46. The molecule has 1 saturated heterocycles. The van der Waals surface area contributed by atoms with Crippen LogP contribution in [0.2, 0.25) is 5.02 Å². The Hall–Kier alpha value is -3.00. The zero-order chi connectivity index (χ0) is 20.9. The van der Waals surface area contributed by atoms with Gasteiger partial charge in [0.1, 0.15) is 4.83 Å². The molecule has 2 aromatic carbocycles. The number of morpholine rings is 1. The largest absolute Gasteiger partial charge is 0.378 e. The molecule has 1 fully saturated rings. The minimum Gasteiger partial charge on any atom is -0.378 e. The minimum absolute atomic E-state index is 0.161. The SMILES string of the molecule is O=c1c2c(-c3ccc(Cl)cc3)csc2nc2c3ccccc3c(N3CCOCC3)nn12. The van der Waals surface area contributed by atoms with Crippen LogP contribution in [0.15, 0.2) is 58.7 Å². The smallest absolute Gasteiger partial charge is 0.283 e. The first-order chi connectivity index (χ1) is 15.2. The first-order valence-electron chi connectivity index (χ1n) is 10.0. The van der Waals surface area contributed by atoms with Crippen LogP contribution in [0, 0.1) is 0 Å². The summed E-state index contributed by atoms with van der Waals surface area (Å²) in [5.74, 6) is 0.790. The Morgan fingerprint density at radius 3 is 2.52 bits per heavy atom. The first-order valence-corrected chi connectivity index (χ1v) is 11.3. The van der Waals surface area contributed by atoms with Crippen LogP contribution >= 0.6 is 22.9 Å². The van der Waals surface area contributed by atoms with Crippen molar-refractivity contribution in [2.24, 2.45) is 0 Å². The van der Waals surface area contributed by atoms with Gasteiger partial charge in [0.25, 0.3) is 5.56 Å². The Morgan fingerprint density at radius 1 is 1.00 bits per heavy atom. The van der Waals surface area contributed by atoms with Gasteiger partial charge in [-0.1, -0.05) is 48.0 Å². The maximum absolute atomic E-state index is 13.7. The molecule has 3 aromatic heterocycles. The number of benzene rings is 2.